The number of rotatable bonds is 3. The highest BCUT2D eigenvalue weighted by Crippen LogP contribution is 2.24. The molecule has 0 saturated carbocycles. The fourth-order valence-electron chi connectivity index (χ4n) is 1.32. The first-order valence-electron chi connectivity index (χ1n) is 4.96. The van der Waals surface area contributed by atoms with E-state index in [1.165, 1.54) is 0 Å². The Kier molecular flexibility index (Phi) is 3.92. The molecule has 0 saturated heterocycles. The normalized spacial score (nSPS) is 12.7. The molecule has 0 aliphatic carbocycles. The number of aromatic nitrogens is 2. The number of hydrogen-bond acceptors (Lipinski definition) is 3. The molecule has 90 valence electrons. The van der Waals surface area contributed by atoms with Crippen molar-refractivity contribution in [1.29, 1.82) is 0 Å². The van der Waals surface area contributed by atoms with Crippen LogP contribution in [0.1, 0.15) is 29.6 Å². The Hall–Kier alpha value is -0.770. The molecule has 1 heterocycles. The van der Waals surface area contributed by atoms with E-state index in [0.29, 0.717) is 28.2 Å². The summed E-state index contributed by atoms with van der Waals surface area (Å²) in [6.45, 7) is 1.78. The Balaban J connectivity index is 2.16. The molecule has 6 heteroatoms. The van der Waals surface area contributed by atoms with Crippen LogP contribution in [-0.4, -0.2) is 10.2 Å². The van der Waals surface area contributed by atoms with Crippen molar-refractivity contribution in [2.45, 2.75) is 18.7 Å². The Morgan fingerprint density at radius 1 is 1.24 bits per heavy atom. The Morgan fingerprint density at radius 2 is 2.00 bits per heavy atom. The highest BCUT2D eigenvalue weighted by Gasteiger charge is 2.11. The van der Waals surface area contributed by atoms with Gasteiger partial charge in [-0.3, -0.25) is 0 Å². The van der Waals surface area contributed by atoms with Crippen LogP contribution in [0.2, 0.25) is 10.0 Å². The van der Waals surface area contributed by atoms with Gasteiger partial charge < -0.3 is 4.42 Å². The van der Waals surface area contributed by atoms with Gasteiger partial charge in [0.25, 0.3) is 0 Å². The van der Waals surface area contributed by atoms with E-state index in [-0.39, 0.29) is 5.38 Å². The molecule has 0 fully saturated rings. The summed E-state index contributed by atoms with van der Waals surface area (Å²) in [5, 5.41) is 8.50. The maximum atomic E-state index is 5.92. The van der Waals surface area contributed by atoms with Crippen LogP contribution in [0.3, 0.4) is 0 Å². The summed E-state index contributed by atoms with van der Waals surface area (Å²) in [5.41, 5.74) is 0.955. The lowest BCUT2D eigenvalue weighted by Gasteiger charge is -2.00. The van der Waals surface area contributed by atoms with Gasteiger partial charge in [0.15, 0.2) is 0 Å². The molecule has 1 aromatic carbocycles. The average Bonchev–Trinajstić information content (AvgIpc) is 2.72. The third kappa shape index (κ3) is 3.12. The van der Waals surface area contributed by atoms with E-state index in [9.17, 15) is 0 Å². The molecular formula is C11H9Cl3N2O. The van der Waals surface area contributed by atoms with Crippen LogP contribution in [0.15, 0.2) is 22.6 Å². The SMILES string of the molecule is CC(Cl)c1nnc(Cc2ccc(Cl)c(Cl)c2)o1. The molecule has 0 spiro atoms. The molecule has 0 bridgehead atoms. The highest BCUT2D eigenvalue weighted by atomic mass is 35.5. The number of halogens is 3. The molecule has 0 amide bonds. The van der Waals surface area contributed by atoms with Crippen LogP contribution in [0.4, 0.5) is 0 Å². The first-order chi connectivity index (χ1) is 8.06. The van der Waals surface area contributed by atoms with E-state index in [2.05, 4.69) is 10.2 Å². The summed E-state index contributed by atoms with van der Waals surface area (Å²) >= 11 is 17.6. The second-order valence-corrected chi connectivity index (χ2v) is 5.04. The third-order valence-corrected chi connectivity index (χ3v) is 3.09. The van der Waals surface area contributed by atoms with Gasteiger partial charge >= 0.3 is 0 Å². The molecule has 2 rings (SSSR count). The quantitative estimate of drug-likeness (QED) is 0.793. The zero-order chi connectivity index (χ0) is 12.4. The summed E-state index contributed by atoms with van der Waals surface area (Å²) in [4.78, 5) is 0. The van der Waals surface area contributed by atoms with Crippen molar-refractivity contribution in [3.63, 3.8) is 0 Å². The minimum absolute atomic E-state index is 0.287. The van der Waals surface area contributed by atoms with Crippen LogP contribution in [-0.2, 0) is 6.42 Å². The topological polar surface area (TPSA) is 38.9 Å². The highest BCUT2D eigenvalue weighted by molar-refractivity contribution is 6.42. The van der Waals surface area contributed by atoms with Crippen molar-refractivity contribution in [2.24, 2.45) is 0 Å². The standard InChI is InChI=1S/C11H9Cl3N2O/c1-6(12)11-16-15-10(17-11)5-7-2-3-8(13)9(14)4-7/h2-4,6H,5H2,1H3. The lowest BCUT2D eigenvalue weighted by Crippen LogP contribution is -1.88. The smallest absolute Gasteiger partial charge is 0.234 e. The van der Waals surface area contributed by atoms with Crippen molar-refractivity contribution in [3.05, 3.63) is 45.6 Å². The fraction of sp³-hybridized carbons (Fsp3) is 0.273. The van der Waals surface area contributed by atoms with Gasteiger partial charge in [-0.05, 0) is 24.6 Å². The van der Waals surface area contributed by atoms with Crippen LogP contribution in [0.5, 0.6) is 0 Å². The predicted molar refractivity (Wildman–Crippen MR) is 67.8 cm³/mol. The average molecular weight is 292 g/mol. The van der Waals surface area contributed by atoms with Gasteiger partial charge in [0, 0.05) is 0 Å². The summed E-state index contributed by atoms with van der Waals surface area (Å²) < 4.78 is 5.39. The molecule has 0 aliphatic rings. The lowest BCUT2D eigenvalue weighted by atomic mass is 10.1. The number of benzene rings is 1. The van der Waals surface area contributed by atoms with Crippen LogP contribution < -0.4 is 0 Å². The zero-order valence-electron chi connectivity index (χ0n) is 8.95. The molecule has 1 unspecified atom stereocenters. The van der Waals surface area contributed by atoms with Gasteiger partial charge in [-0.2, -0.15) is 0 Å². The maximum absolute atomic E-state index is 5.92. The summed E-state index contributed by atoms with van der Waals surface area (Å²) in [6, 6.07) is 5.38. The molecule has 0 aliphatic heterocycles. The molecular weight excluding hydrogens is 282 g/mol. The fourth-order valence-corrected chi connectivity index (χ4v) is 1.73. The Morgan fingerprint density at radius 3 is 2.59 bits per heavy atom. The van der Waals surface area contributed by atoms with Gasteiger partial charge in [0.1, 0.15) is 5.38 Å². The van der Waals surface area contributed by atoms with Crippen LogP contribution >= 0.6 is 34.8 Å². The molecule has 0 N–H and O–H groups in total. The zero-order valence-corrected chi connectivity index (χ0v) is 11.2. The molecule has 2 aromatic rings. The van der Waals surface area contributed by atoms with Crippen molar-refractivity contribution in [3.8, 4) is 0 Å². The van der Waals surface area contributed by atoms with E-state index in [4.69, 9.17) is 39.2 Å². The van der Waals surface area contributed by atoms with Crippen LogP contribution in [0.25, 0.3) is 0 Å². The Bertz CT molecular complexity index is 525. The first-order valence-corrected chi connectivity index (χ1v) is 6.16. The van der Waals surface area contributed by atoms with Crippen molar-refractivity contribution in [1.82, 2.24) is 10.2 Å². The van der Waals surface area contributed by atoms with Gasteiger partial charge in [-0.1, -0.05) is 29.3 Å². The molecule has 1 aromatic heterocycles. The molecule has 17 heavy (non-hydrogen) atoms. The largest absolute Gasteiger partial charge is 0.423 e. The number of hydrogen-bond donors (Lipinski definition) is 0. The minimum atomic E-state index is -0.287. The Labute approximate surface area is 114 Å². The second-order valence-electron chi connectivity index (χ2n) is 3.58. The molecule has 1 atom stereocenters. The minimum Gasteiger partial charge on any atom is -0.423 e. The third-order valence-electron chi connectivity index (χ3n) is 2.16. The maximum Gasteiger partial charge on any atom is 0.234 e. The van der Waals surface area contributed by atoms with E-state index in [1.807, 2.05) is 6.07 Å². The van der Waals surface area contributed by atoms with E-state index >= 15 is 0 Å². The van der Waals surface area contributed by atoms with Gasteiger partial charge in [-0.15, -0.1) is 21.8 Å². The van der Waals surface area contributed by atoms with Crippen LogP contribution in [0, 0.1) is 0 Å². The number of nitrogens with zero attached hydrogens (tertiary/aromatic N) is 2. The monoisotopic (exact) mass is 290 g/mol. The van der Waals surface area contributed by atoms with E-state index in [0.717, 1.165) is 5.56 Å². The summed E-state index contributed by atoms with van der Waals surface area (Å²) in [6.07, 6.45) is 0.507. The molecule has 0 radical (unpaired) electrons. The number of alkyl halides is 1. The van der Waals surface area contributed by atoms with Gasteiger partial charge in [0.05, 0.1) is 16.5 Å². The van der Waals surface area contributed by atoms with E-state index in [1.54, 1.807) is 19.1 Å². The first kappa shape index (κ1) is 12.7. The van der Waals surface area contributed by atoms with Gasteiger partial charge in [-0.25, -0.2) is 0 Å². The van der Waals surface area contributed by atoms with Crippen molar-refractivity contribution in [2.75, 3.05) is 0 Å². The van der Waals surface area contributed by atoms with Crippen molar-refractivity contribution >= 4 is 34.8 Å². The van der Waals surface area contributed by atoms with Crippen molar-refractivity contribution < 1.29 is 4.42 Å². The predicted octanol–water partition coefficient (Wildman–Crippen LogP) is 4.27. The second kappa shape index (κ2) is 5.25. The summed E-state index contributed by atoms with van der Waals surface area (Å²) in [5.74, 6) is 0.924. The lowest BCUT2D eigenvalue weighted by molar-refractivity contribution is 0.458. The van der Waals surface area contributed by atoms with E-state index < -0.39 is 0 Å². The summed E-state index contributed by atoms with van der Waals surface area (Å²) in [7, 11) is 0. The molecule has 3 nitrogen and oxygen atoms in total. The van der Waals surface area contributed by atoms with Gasteiger partial charge in [0.2, 0.25) is 11.8 Å².